The number of nitrogens with zero attached hydrogens (tertiary/aromatic N) is 1. The molecule has 1 heterocycles. The lowest BCUT2D eigenvalue weighted by molar-refractivity contribution is 0.245. The highest BCUT2D eigenvalue weighted by molar-refractivity contribution is 8.14. The summed E-state index contributed by atoms with van der Waals surface area (Å²) in [6.45, 7) is 4.19. The van der Waals surface area contributed by atoms with Gasteiger partial charge in [0, 0.05) is 29.0 Å². The normalized spacial score (nSPS) is 12.6. The van der Waals surface area contributed by atoms with Crippen molar-refractivity contribution in [3.8, 4) is 5.75 Å². The minimum Gasteiger partial charge on any atom is -0.490 e. The fraction of sp³-hybridized carbons (Fsp3) is 0.286. The third kappa shape index (κ3) is 3.54. The molecule has 0 bridgehead atoms. The fourth-order valence-electron chi connectivity index (χ4n) is 2.12. The Kier molecular flexibility index (Phi) is 4.86. The van der Waals surface area contributed by atoms with Crippen molar-refractivity contribution in [2.75, 3.05) is 0 Å². The second kappa shape index (κ2) is 6.30. The van der Waals surface area contributed by atoms with Gasteiger partial charge in [0.1, 0.15) is 10.6 Å². The summed E-state index contributed by atoms with van der Waals surface area (Å²) in [4.78, 5) is 0.0402. The number of hydrogen-bond acceptors (Lipinski definition) is 3. The zero-order valence-corrected chi connectivity index (χ0v) is 13.9. The Morgan fingerprint density at radius 2 is 2.10 bits per heavy atom. The molecule has 2 rings (SSSR count). The lowest BCUT2D eigenvalue weighted by atomic mass is 10.2. The number of rotatable bonds is 5. The quantitative estimate of drug-likeness (QED) is 0.764. The van der Waals surface area contributed by atoms with Crippen molar-refractivity contribution in [3.63, 3.8) is 0 Å². The van der Waals surface area contributed by atoms with Crippen LogP contribution in [0.25, 0.3) is 10.9 Å². The molecule has 114 valence electrons. The number of allylic oxidation sites excluding steroid dienone is 1. The molecule has 4 nitrogen and oxygen atoms in total. The van der Waals surface area contributed by atoms with E-state index in [0.29, 0.717) is 17.7 Å². The molecule has 0 saturated heterocycles. The summed E-state index contributed by atoms with van der Waals surface area (Å²) in [7, 11) is 1.68. The van der Waals surface area contributed by atoms with Crippen molar-refractivity contribution in [1.29, 1.82) is 0 Å². The van der Waals surface area contributed by atoms with Crippen LogP contribution in [-0.4, -0.2) is 19.1 Å². The number of fused-ring (bicyclic) bond motifs is 1. The van der Waals surface area contributed by atoms with Gasteiger partial charge in [-0.05, 0) is 26.0 Å². The zero-order chi connectivity index (χ0) is 15.6. The van der Waals surface area contributed by atoms with E-state index in [4.69, 9.17) is 27.0 Å². The van der Waals surface area contributed by atoms with Crippen LogP contribution < -0.4 is 4.74 Å². The molecule has 7 heteroatoms. The second-order valence-electron chi connectivity index (χ2n) is 4.76. The summed E-state index contributed by atoms with van der Waals surface area (Å²) < 4.78 is 31.1. The summed E-state index contributed by atoms with van der Waals surface area (Å²) in [5.74, 6) is 0.496. The molecule has 0 saturated carbocycles. The van der Waals surface area contributed by atoms with E-state index in [-0.39, 0.29) is 11.0 Å². The molecule has 0 aliphatic heterocycles. The van der Waals surface area contributed by atoms with Crippen molar-refractivity contribution in [2.24, 2.45) is 0 Å². The standard InChI is InChI=1S/C14H15Cl2NO3S/c1-10(2)20-12-6-3-5-11-14(12)13(21(16,18)19)9-17(11)8-4-7-15/h3-7,9-10H,8H2,1-2H3/b7-4+. The molecule has 0 unspecified atom stereocenters. The molecule has 0 N–H and O–H groups in total. The van der Waals surface area contributed by atoms with E-state index in [2.05, 4.69) is 0 Å². The van der Waals surface area contributed by atoms with Gasteiger partial charge in [0.05, 0.1) is 17.0 Å². The summed E-state index contributed by atoms with van der Waals surface area (Å²) in [5, 5.41) is 0.490. The van der Waals surface area contributed by atoms with Gasteiger partial charge in [-0.3, -0.25) is 0 Å². The predicted octanol–water partition coefficient (Wildman–Crippen LogP) is 4.11. The molecule has 21 heavy (non-hydrogen) atoms. The maximum atomic E-state index is 11.8. The molecule has 0 spiro atoms. The van der Waals surface area contributed by atoms with E-state index in [9.17, 15) is 8.42 Å². The summed E-state index contributed by atoms with van der Waals surface area (Å²) >= 11 is 5.54. The predicted molar refractivity (Wildman–Crippen MR) is 85.7 cm³/mol. The lowest BCUT2D eigenvalue weighted by Crippen LogP contribution is -2.06. The molecule has 0 fully saturated rings. The van der Waals surface area contributed by atoms with Gasteiger partial charge in [0.25, 0.3) is 9.05 Å². The van der Waals surface area contributed by atoms with Gasteiger partial charge < -0.3 is 9.30 Å². The average Bonchev–Trinajstić information content (AvgIpc) is 2.75. The maximum Gasteiger partial charge on any atom is 0.263 e. The molecule has 0 amide bonds. The molecule has 1 aromatic carbocycles. The van der Waals surface area contributed by atoms with Crippen LogP contribution in [0, 0.1) is 0 Å². The van der Waals surface area contributed by atoms with Crippen LogP contribution in [0.4, 0.5) is 0 Å². The number of ether oxygens (including phenoxy) is 1. The fourth-order valence-corrected chi connectivity index (χ4v) is 3.26. The highest BCUT2D eigenvalue weighted by Gasteiger charge is 2.22. The SMILES string of the molecule is CC(C)Oc1cccc2c1c(S(=O)(=O)Cl)cn2C/C=C/Cl. The highest BCUT2D eigenvalue weighted by Crippen LogP contribution is 2.35. The van der Waals surface area contributed by atoms with E-state index in [1.165, 1.54) is 11.7 Å². The average molecular weight is 348 g/mol. The van der Waals surface area contributed by atoms with Gasteiger partial charge in [-0.2, -0.15) is 0 Å². The first-order valence-electron chi connectivity index (χ1n) is 6.33. The Morgan fingerprint density at radius 3 is 2.67 bits per heavy atom. The topological polar surface area (TPSA) is 48.3 Å². The van der Waals surface area contributed by atoms with E-state index >= 15 is 0 Å². The third-order valence-electron chi connectivity index (χ3n) is 2.85. The highest BCUT2D eigenvalue weighted by atomic mass is 35.7. The van der Waals surface area contributed by atoms with E-state index < -0.39 is 9.05 Å². The van der Waals surface area contributed by atoms with Crippen LogP contribution >= 0.6 is 22.3 Å². The van der Waals surface area contributed by atoms with Crippen LogP contribution in [0.1, 0.15) is 13.8 Å². The number of hydrogen-bond donors (Lipinski definition) is 0. The van der Waals surface area contributed by atoms with Crippen LogP contribution in [0.3, 0.4) is 0 Å². The van der Waals surface area contributed by atoms with E-state index in [0.717, 1.165) is 5.52 Å². The van der Waals surface area contributed by atoms with Crippen molar-refractivity contribution < 1.29 is 13.2 Å². The molecule has 0 radical (unpaired) electrons. The smallest absolute Gasteiger partial charge is 0.263 e. The Morgan fingerprint density at radius 1 is 1.38 bits per heavy atom. The number of aromatic nitrogens is 1. The van der Waals surface area contributed by atoms with Crippen LogP contribution in [-0.2, 0) is 15.6 Å². The molecule has 0 atom stereocenters. The van der Waals surface area contributed by atoms with Crippen molar-refractivity contribution >= 4 is 42.2 Å². The Bertz CT molecular complexity index is 779. The van der Waals surface area contributed by atoms with Gasteiger partial charge >= 0.3 is 0 Å². The first-order valence-corrected chi connectivity index (χ1v) is 9.07. The van der Waals surface area contributed by atoms with Crippen LogP contribution in [0.2, 0.25) is 0 Å². The zero-order valence-electron chi connectivity index (χ0n) is 11.6. The first-order chi connectivity index (χ1) is 9.84. The molecule has 0 aliphatic carbocycles. The lowest BCUT2D eigenvalue weighted by Gasteiger charge is -2.11. The Hall–Kier alpha value is -1.17. The molecule has 0 aliphatic rings. The number of halogens is 2. The monoisotopic (exact) mass is 347 g/mol. The Labute approximate surface area is 133 Å². The summed E-state index contributed by atoms with van der Waals surface area (Å²) in [5.41, 5.74) is 2.11. The number of benzene rings is 1. The second-order valence-corrected chi connectivity index (χ2v) is 7.55. The van der Waals surface area contributed by atoms with E-state index in [1.807, 2.05) is 26.0 Å². The molecular weight excluding hydrogens is 333 g/mol. The largest absolute Gasteiger partial charge is 0.490 e. The van der Waals surface area contributed by atoms with Crippen molar-refractivity contribution in [3.05, 3.63) is 36.0 Å². The minimum atomic E-state index is -3.88. The first kappa shape index (κ1) is 16.2. The molecular formula is C14H15Cl2NO3S. The van der Waals surface area contributed by atoms with Gasteiger partial charge in [0.15, 0.2) is 0 Å². The summed E-state index contributed by atoms with van der Waals surface area (Å²) in [6, 6.07) is 5.36. The van der Waals surface area contributed by atoms with Crippen LogP contribution in [0.5, 0.6) is 5.75 Å². The van der Waals surface area contributed by atoms with Gasteiger partial charge in [0.2, 0.25) is 0 Å². The minimum absolute atomic E-state index is 0.0402. The summed E-state index contributed by atoms with van der Waals surface area (Å²) in [6.07, 6.45) is 3.13. The van der Waals surface area contributed by atoms with E-state index in [1.54, 1.807) is 16.7 Å². The van der Waals surface area contributed by atoms with Gasteiger partial charge in [-0.1, -0.05) is 23.7 Å². The third-order valence-corrected chi connectivity index (χ3v) is 4.36. The Balaban J connectivity index is 2.75. The maximum absolute atomic E-state index is 11.8. The molecule has 2 aromatic rings. The van der Waals surface area contributed by atoms with Crippen molar-refractivity contribution in [2.45, 2.75) is 31.4 Å². The van der Waals surface area contributed by atoms with Gasteiger partial charge in [-0.15, -0.1) is 0 Å². The van der Waals surface area contributed by atoms with Crippen LogP contribution in [0.15, 0.2) is 40.9 Å². The molecule has 1 aromatic heterocycles. The van der Waals surface area contributed by atoms with Crippen molar-refractivity contribution in [1.82, 2.24) is 4.57 Å². The van der Waals surface area contributed by atoms with Gasteiger partial charge in [-0.25, -0.2) is 8.42 Å².